The molecule has 0 amide bonds. The number of nitriles is 1. The van der Waals surface area contributed by atoms with Crippen LogP contribution in [0.25, 0.3) is 0 Å². The van der Waals surface area contributed by atoms with Crippen LogP contribution in [0.2, 0.25) is 5.02 Å². The summed E-state index contributed by atoms with van der Waals surface area (Å²) in [5.74, 6) is -0.347. The summed E-state index contributed by atoms with van der Waals surface area (Å²) in [7, 11) is 0. The summed E-state index contributed by atoms with van der Waals surface area (Å²) in [5, 5.41) is 16.1. The Morgan fingerprint density at radius 3 is 2.92 bits per heavy atom. The first kappa shape index (κ1) is 17.0. The van der Waals surface area contributed by atoms with Crippen molar-refractivity contribution in [3.63, 3.8) is 0 Å². The quantitative estimate of drug-likeness (QED) is 0.371. The highest BCUT2D eigenvalue weighted by atomic mass is 35.5. The summed E-state index contributed by atoms with van der Waals surface area (Å²) < 4.78 is 21.5. The first-order chi connectivity index (χ1) is 12.6. The van der Waals surface area contributed by atoms with Crippen molar-refractivity contribution in [3.8, 4) is 5.40 Å². The summed E-state index contributed by atoms with van der Waals surface area (Å²) in [6.07, 6.45) is 1.04. The molecule has 26 heavy (non-hydrogen) atoms. The van der Waals surface area contributed by atoms with Crippen molar-refractivity contribution >= 4 is 23.4 Å². The predicted molar refractivity (Wildman–Crippen MR) is 94.8 cm³/mol. The number of thiocyanates is 1. The third-order valence-electron chi connectivity index (χ3n) is 4.30. The minimum atomic E-state index is -0.828. The second-order valence-electron chi connectivity index (χ2n) is 5.81. The molecule has 2 aromatic carbocycles. The highest BCUT2D eigenvalue weighted by molar-refractivity contribution is 8.03. The Morgan fingerprint density at radius 1 is 1.31 bits per heavy atom. The third kappa shape index (κ3) is 2.97. The Hall–Kier alpha value is -2.40. The number of thioether (sulfide) groups is 1. The molecule has 2 heterocycles. The van der Waals surface area contributed by atoms with Crippen LogP contribution >= 0.6 is 23.4 Å². The summed E-state index contributed by atoms with van der Waals surface area (Å²) in [5.41, 5.74) is 0.685. The van der Waals surface area contributed by atoms with E-state index in [1.165, 1.54) is 18.5 Å². The molecule has 8 heteroatoms. The maximum Gasteiger partial charge on any atom is 0.200 e. The Morgan fingerprint density at radius 2 is 2.15 bits per heavy atom. The van der Waals surface area contributed by atoms with Crippen molar-refractivity contribution in [2.24, 2.45) is 0 Å². The van der Waals surface area contributed by atoms with Crippen molar-refractivity contribution in [3.05, 3.63) is 76.8 Å². The van der Waals surface area contributed by atoms with Gasteiger partial charge in [0.2, 0.25) is 5.16 Å². The minimum absolute atomic E-state index is 0.288. The predicted octanol–water partition coefficient (Wildman–Crippen LogP) is 4.31. The van der Waals surface area contributed by atoms with E-state index in [2.05, 4.69) is 10.1 Å². The standard InChI is InChI=1S/C18H12ClFN4OS/c19-15-7-2-1-6-14(15)16-18(25-16,12-4-3-5-13(20)8-12)9-24-17(26-10-21)22-11-23-24/h1-8,11,16H,9H2/t16-,18-/m0/s1. The molecule has 1 saturated heterocycles. The number of hydrogen-bond donors (Lipinski definition) is 0. The van der Waals surface area contributed by atoms with Gasteiger partial charge in [-0.05, 0) is 23.8 Å². The normalized spacial score (nSPS) is 21.3. The van der Waals surface area contributed by atoms with Gasteiger partial charge in [0, 0.05) is 22.3 Å². The zero-order chi connectivity index (χ0) is 18.1. The molecule has 1 fully saturated rings. The molecule has 1 aromatic heterocycles. The van der Waals surface area contributed by atoms with E-state index in [9.17, 15) is 4.39 Å². The van der Waals surface area contributed by atoms with E-state index in [0.29, 0.717) is 15.7 Å². The Labute approximate surface area is 158 Å². The molecule has 5 nitrogen and oxygen atoms in total. The summed E-state index contributed by atoms with van der Waals surface area (Å²) in [4.78, 5) is 4.08. The van der Waals surface area contributed by atoms with Crippen LogP contribution in [0.3, 0.4) is 0 Å². The number of epoxide rings is 1. The van der Waals surface area contributed by atoms with Crippen LogP contribution in [0.4, 0.5) is 4.39 Å². The van der Waals surface area contributed by atoms with Crippen molar-refractivity contribution in [2.75, 3.05) is 0 Å². The topological polar surface area (TPSA) is 67.0 Å². The molecular weight excluding hydrogens is 375 g/mol. The van der Waals surface area contributed by atoms with Crippen LogP contribution in [-0.4, -0.2) is 14.8 Å². The summed E-state index contributed by atoms with van der Waals surface area (Å²) in [6.45, 7) is 0.288. The van der Waals surface area contributed by atoms with Gasteiger partial charge in [-0.25, -0.2) is 14.1 Å². The number of aromatic nitrogens is 3. The van der Waals surface area contributed by atoms with Crippen molar-refractivity contribution in [1.82, 2.24) is 14.8 Å². The lowest BCUT2D eigenvalue weighted by atomic mass is 9.91. The van der Waals surface area contributed by atoms with Crippen molar-refractivity contribution in [2.45, 2.75) is 23.4 Å². The van der Waals surface area contributed by atoms with E-state index in [1.54, 1.807) is 16.8 Å². The highest BCUT2D eigenvalue weighted by Gasteiger charge is 2.59. The Bertz CT molecular complexity index is 1000. The molecule has 1 aliphatic rings. The SMILES string of the molecule is N#CSc1ncnn1C[C@@]1(c2cccc(F)c2)O[C@H]1c1ccccc1Cl. The first-order valence-corrected chi connectivity index (χ1v) is 8.95. The van der Waals surface area contributed by atoms with Crippen LogP contribution in [0.15, 0.2) is 60.0 Å². The lowest BCUT2D eigenvalue weighted by molar-refractivity contribution is 0.256. The smallest absolute Gasteiger partial charge is 0.200 e. The second kappa shape index (κ2) is 6.72. The molecular formula is C18H12ClFN4OS. The van der Waals surface area contributed by atoms with Crippen molar-refractivity contribution in [1.29, 1.82) is 5.26 Å². The molecule has 0 spiro atoms. The third-order valence-corrected chi connectivity index (χ3v) is 5.23. The molecule has 0 unspecified atom stereocenters. The number of halogens is 2. The lowest BCUT2D eigenvalue weighted by Gasteiger charge is -2.15. The van der Waals surface area contributed by atoms with Crippen LogP contribution < -0.4 is 0 Å². The van der Waals surface area contributed by atoms with Crippen LogP contribution in [0.5, 0.6) is 0 Å². The van der Waals surface area contributed by atoms with Crippen molar-refractivity contribution < 1.29 is 9.13 Å². The zero-order valence-electron chi connectivity index (χ0n) is 13.3. The van der Waals surface area contributed by atoms with Crippen LogP contribution in [0, 0.1) is 16.5 Å². The monoisotopic (exact) mass is 386 g/mol. The molecule has 0 N–H and O–H groups in total. The fourth-order valence-electron chi connectivity index (χ4n) is 3.07. The number of nitrogens with zero attached hydrogens (tertiary/aromatic N) is 4. The molecule has 0 saturated carbocycles. The lowest BCUT2D eigenvalue weighted by Crippen LogP contribution is -2.20. The highest BCUT2D eigenvalue weighted by Crippen LogP contribution is 2.59. The maximum absolute atomic E-state index is 13.8. The second-order valence-corrected chi connectivity index (χ2v) is 6.97. The Balaban J connectivity index is 1.76. The average molecular weight is 387 g/mol. The molecule has 4 rings (SSSR count). The molecule has 2 atom stereocenters. The van der Waals surface area contributed by atoms with E-state index in [0.717, 1.165) is 17.3 Å². The van der Waals surface area contributed by atoms with Crippen LogP contribution in [-0.2, 0) is 16.9 Å². The summed E-state index contributed by atoms with van der Waals surface area (Å²) in [6, 6.07) is 13.7. The molecule has 0 aliphatic carbocycles. The fourth-order valence-corrected chi connectivity index (χ4v) is 3.70. The maximum atomic E-state index is 13.8. The average Bonchev–Trinajstić information content (AvgIpc) is 3.20. The Kier molecular flexibility index (Phi) is 4.41. The van der Waals surface area contributed by atoms with Gasteiger partial charge >= 0.3 is 0 Å². The number of rotatable bonds is 5. The number of ether oxygens (including phenoxy) is 1. The van der Waals surface area contributed by atoms with E-state index < -0.39 is 5.60 Å². The number of hydrogen-bond acceptors (Lipinski definition) is 5. The van der Waals surface area contributed by atoms with Gasteiger partial charge in [-0.15, -0.1) is 0 Å². The fraction of sp³-hybridized carbons (Fsp3) is 0.167. The number of benzene rings is 2. The molecule has 3 aromatic rings. The van der Waals surface area contributed by atoms with Gasteiger partial charge in [0.05, 0.1) is 6.54 Å². The summed E-state index contributed by atoms with van der Waals surface area (Å²) >= 11 is 7.25. The van der Waals surface area contributed by atoms with Gasteiger partial charge in [0.25, 0.3) is 0 Å². The molecule has 0 radical (unpaired) electrons. The van der Waals surface area contributed by atoms with E-state index >= 15 is 0 Å². The van der Waals surface area contributed by atoms with E-state index in [-0.39, 0.29) is 18.5 Å². The van der Waals surface area contributed by atoms with Gasteiger partial charge in [0.1, 0.15) is 29.3 Å². The molecule has 1 aliphatic heterocycles. The van der Waals surface area contributed by atoms with Crippen LogP contribution in [0.1, 0.15) is 17.2 Å². The van der Waals surface area contributed by atoms with Gasteiger partial charge < -0.3 is 4.74 Å². The van der Waals surface area contributed by atoms with E-state index in [1.807, 2.05) is 29.7 Å². The minimum Gasteiger partial charge on any atom is -0.354 e. The molecule has 0 bridgehead atoms. The van der Waals surface area contributed by atoms with Gasteiger partial charge in [0.15, 0.2) is 0 Å². The largest absolute Gasteiger partial charge is 0.354 e. The van der Waals surface area contributed by atoms with Gasteiger partial charge in [-0.3, -0.25) is 0 Å². The molecule has 130 valence electrons. The van der Waals surface area contributed by atoms with Gasteiger partial charge in [-0.1, -0.05) is 41.9 Å². The first-order valence-electron chi connectivity index (χ1n) is 7.76. The zero-order valence-corrected chi connectivity index (χ0v) is 14.9. The van der Waals surface area contributed by atoms with Gasteiger partial charge in [-0.2, -0.15) is 10.4 Å². The van der Waals surface area contributed by atoms with E-state index in [4.69, 9.17) is 21.6 Å².